The Balaban J connectivity index is 2.01. The van der Waals surface area contributed by atoms with Crippen molar-refractivity contribution in [1.29, 1.82) is 0 Å². The molecule has 1 atom stereocenters. The molecular weight excluding hydrogens is 363 g/mol. The first kappa shape index (κ1) is 16.7. The second-order valence-electron chi connectivity index (χ2n) is 4.99. The van der Waals surface area contributed by atoms with Crippen LogP contribution < -0.4 is 10.5 Å². The fourth-order valence-electron chi connectivity index (χ4n) is 2.25. The molecule has 118 valence electrons. The van der Waals surface area contributed by atoms with Gasteiger partial charge in [0.2, 0.25) is 10.0 Å². The third kappa shape index (κ3) is 4.38. The van der Waals surface area contributed by atoms with Crippen LogP contribution in [0.1, 0.15) is 25.7 Å². The molecule has 0 spiro atoms. The van der Waals surface area contributed by atoms with E-state index in [9.17, 15) is 12.8 Å². The fourth-order valence-corrected chi connectivity index (χ4v) is 4.03. The Kier molecular flexibility index (Phi) is 5.59. The Morgan fingerprint density at radius 3 is 2.86 bits per heavy atom. The van der Waals surface area contributed by atoms with Crippen LogP contribution in [0.4, 0.5) is 10.1 Å². The fraction of sp³-hybridized carbons (Fsp3) is 0.538. The third-order valence-corrected chi connectivity index (χ3v) is 5.38. The van der Waals surface area contributed by atoms with Gasteiger partial charge in [-0.25, -0.2) is 17.5 Å². The summed E-state index contributed by atoms with van der Waals surface area (Å²) in [6.45, 7) is 0.924. The molecule has 0 aliphatic carbocycles. The summed E-state index contributed by atoms with van der Waals surface area (Å²) in [7, 11) is -3.93. The number of ether oxygens (including phenoxy) is 1. The Hall–Kier alpha value is -0.700. The van der Waals surface area contributed by atoms with Gasteiger partial charge < -0.3 is 10.5 Å². The quantitative estimate of drug-likeness (QED) is 0.768. The number of anilines is 1. The van der Waals surface area contributed by atoms with Gasteiger partial charge in [-0.2, -0.15) is 0 Å². The Bertz CT molecular complexity index is 604. The first-order chi connectivity index (χ1) is 9.90. The van der Waals surface area contributed by atoms with Gasteiger partial charge in [0.15, 0.2) is 5.82 Å². The normalized spacial score (nSPS) is 19.6. The minimum atomic E-state index is -3.93. The molecule has 0 radical (unpaired) electrons. The van der Waals surface area contributed by atoms with E-state index >= 15 is 0 Å². The van der Waals surface area contributed by atoms with Crippen molar-refractivity contribution in [2.75, 3.05) is 18.9 Å². The molecule has 1 heterocycles. The summed E-state index contributed by atoms with van der Waals surface area (Å²) < 4.78 is 46.1. The summed E-state index contributed by atoms with van der Waals surface area (Å²) in [6, 6.07) is 2.43. The van der Waals surface area contributed by atoms with E-state index in [2.05, 4.69) is 20.7 Å². The molecule has 0 saturated carbocycles. The van der Waals surface area contributed by atoms with E-state index in [1.807, 2.05) is 0 Å². The highest BCUT2D eigenvalue weighted by atomic mass is 79.9. The minimum Gasteiger partial charge on any atom is -0.399 e. The van der Waals surface area contributed by atoms with Gasteiger partial charge in [0, 0.05) is 18.8 Å². The maximum atomic E-state index is 13.9. The number of sulfonamides is 1. The zero-order valence-electron chi connectivity index (χ0n) is 11.4. The lowest BCUT2D eigenvalue weighted by Crippen LogP contribution is -2.30. The molecule has 0 aromatic heterocycles. The van der Waals surface area contributed by atoms with Crippen molar-refractivity contribution >= 4 is 31.6 Å². The van der Waals surface area contributed by atoms with Crippen molar-refractivity contribution < 1.29 is 17.5 Å². The van der Waals surface area contributed by atoms with Gasteiger partial charge in [-0.15, -0.1) is 0 Å². The van der Waals surface area contributed by atoms with Crippen LogP contribution in [0.5, 0.6) is 0 Å². The van der Waals surface area contributed by atoms with Crippen LogP contribution in [0.3, 0.4) is 0 Å². The molecule has 1 aromatic rings. The summed E-state index contributed by atoms with van der Waals surface area (Å²) in [5, 5.41) is 0. The van der Waals surface area contributed by atoms with Gasteiger partial charge in [0.1, 0.15) is 4.90 Å². The molecular formula is C13H18BrFN2O3S. The van der Waals surface area contributed by atoms with E-state index in [1.54, 1.807) is 0 Å². The smallest absolute Gasteiger partial charge is 0.243 e. The molecule has 1 saturated heterocycles. The zero-order chi connectivity index (χ0) is 15.5. The van der Waals surface area contributed by atoms with Crippen molar-refractivity contribution in [2.45, 2.75) is 36.7 Å². The average Bonchev–Trinajstić information content (AvgIpc) is 2.43. The van der Waals surface area contributed by atoms with Gasteiger partial charge >= 0.3 is 0 Å². The molecule has 0 bridgehead atoms. The average molecular weight is 381 g/mol. The topological polar surface area (TPSA) is 81.4 Å². The number of nitrogens with two attached hydrogens (primary N) is 1. The SMILES string of the molecule is Nc1cc(Br)c(F)c(S(=O)(=O)NCCC2CCCCO2)c1. The highest BCUT2D eigenvalue weighted by Gasteiger charge is 2.22. The van der Waals surface area contributed by atoms with Crippen LogP contribution in [0, 0.1) is 5.82 Å². The van der Waals surface area contributed by atoms with Crippen molar-refractivity contribution in [2.24, 2.45) is 0 Å². The standard InChI is InChI=1S/C13H18BrFN2O3S/c14-11-7-9(16)8-12(13(11)15)21(18,19)17-5-4-10-3-1-2-6-20-10/h7-8,10,17H,1-6,16H2. The van der Waals surface area contributed by atoms with Crippen LogP contribution in [0.25, 0.3) is 0 Å². The summed E-state index contributed by atoms with van der Waals surface area (Å²) in [5.41, 5.74) is 5.74. The first-order valence-corrected chi connectivity index (χ1v) is 9.03. The number of hydrogen-bond donors (Lipinski definition) is 2. The first-order valence-electron chi connectivity index (χ1n) is 6.76. The van der Waals surface area contributed by atoms with Crippen LogP contribution in [0.2, 0.25) is 0 Å². The number of halogens is 2. The van der Waals surface area contributed by atoms with Crippen molar-refractivity contribution in [3.05, 3.63) is 22.4 Å². The molecule has 0 amide bonds. The van der Waals surface area contributed by atoms with Gasteiger partial charge in [-0.3, -0.25) is 0 Å². The number of benzene rings is 1. The second-order valence-corrected chi connectivity index (χ2v) is 7.58. The predicted molar refractivity (Wildman–Crippen MR) is 81.9 cm³/mol. The molecule has 1 unspecified atom stereocenters. The molecule has 1 aliphatic heterocycles. The third-order valence-electron chi connectivity index (χ3n) is 3.34. The van der Waals surface area contributed by atoms with Gasteiger partial charge in [0.05, 0.1) is 10.6 Å². The summed E-state index contributed by atoms with van der Waals surface area (Å²) in [5.74, 6) is -0.842. The van der Waals surface area contributed by atoms with Crippen molar-refractivity contribution in [1.82, 2.24) is 4.72 Å². The number of nitrogen functional groups attached to an aromatic ring is 1. The van der Waals surface area contributed by atoms with Gasteiger partial charge in [-0.1, -0.05) is 0 Å². The lowest BCUT2D eigenvalue weighted by atomic mass is 10.1. The number of hydrogen-bond acceptors (Lipinski definition) is 4. The highest BCUT2D eigenvalue weighted by molar-refractivity contribution is 9.10. The van der Waals surface area contributed by atoms with Crippen molar-refractivity contribution in [3.8, 4) is 0 Å². The summed E-state index contributed by atoms with van der Waals surface area (Å²) in [6.07, 6.45) is 3.71. The zero-order valence-corrected chi connectivity index (χ0v) is 13.8. The van der Waals surface area contributed by atoms with Crippen LogP contribution >= 0.6 is 15.9 Å². The second kappa shape index (κ2) is 7.04. The maximum absolute atomic E-state index is 13.9. The van der Waals surface area contributed by atoms with Crippen LogP contribution in [-0.4, -0.2) is 27.7 Å². The summed E-state index contributed by atoms with van der Waals surface area (Å²) >= 11 is 2.95. The Labute approximate surface area is 132 Å². The monoisotopic (exact) mass is 380 g/mol. The lowest BCUT2D eigenvalue weighted by Gasteiger charge is -2.22. The summed E-state index contributed by atoms with van der Waals surface area (Å²) in [4.78, 5) is -0.445. The predicted octanol–water partition coefficient (Wildman–Crippen LogP) is 2.41. The van der Waals surface area contributed by atoms with E-state index in [4.69, 9.17) is 10.5 Å². The molecule has 2 rings (SSSR count). The minimum absolute atomic E-state index is 0.0264. The number of rotatable bonds is 5. The Morgan fingerprint density at radius 1 is 1.43 bits per heavy atom. The highest BCUT2D eigenvalue weighted by Crippen LogP contribution is 2.26. The molecule has 8 heteroatoms. The van der Waals surface area contributed by atoms with Crippen LogP contribution in [0.15, 0.2) is 21.5 Å². The largest absolute Gasteiger partial charge is 0.399 e. The van der Waals surface area contributed by atoms with Gasteiger partial charge in [-0.05, 0) is 53.7 Å². The molecule has 1 aliphatic rings. The van der Waals surface area contributed by atoms with E-state index in [0.29, 0.717) is 13.0 Å². The van der Waals surface area contributed by atoms with E-state index < -0.39 is 20.7 Å². The van der Waals surface area contributed by atoms with Crippen LogP contribution in [-0.2, 0) is 14.8 Å². The molecule has 1 fully saturated rings. The molecule has 1 aromatic carbocycles. The molecule has 3 N–H and O–H groups in total. The van der Waals surface area contributed by atoms with Gasteiger partial charge in [0.25, 0.3) is 0 Å². The van der Waals surface area contributed by atoms with E-state index in [0.717, 1.165) is 25.3 Å². The van der Waals surface area contributed by atoms with Crippen molar-refractivity contribution in [3.63, 3.8) is 0 Å². The Morgan fingerprint density at radius 2 is 2.19 bits per heavy atom. The number of nitrogens with one attached hydrogen (secondary N) is 1. The van der Waals surface area contributed by atoms with E-state index in [1.165, 1.54) is 6.07 Å². The molecule has 21 heavy (non-hydrogen) atoms. The maximum Gasteiger partial charge on any atom is 0.243 e. The molecule has 5 nitrogen and oxygen atoms in total. The lowest BCUT2D eigenvalue weighted by molar-refractivity contribution is 0.0123. The van der Waals surface area contributed by atoms with E-state index in [-0.39, 0.29) is 22.8 Å².